The monoisotopic (exact) mass is 404 g/mol. The fourth-order valence-electron chi connectivity index (χ4n) is 2.62. The first-order chi connectivity index (χ1) is 13.5. The first kappa shape index (κ1) is 19.9. The number of hydrogen-bond donors (Lipinski definition) is 3. The first-order valence-corrected chi connectivity index (χ1v) is 10.2. The third kappa shape index (κ3) is 5.12. The molecule has 1 aliphatic rings. The SMILES string of the molecule is O=C(NNC(=O)c1ccccn1)c1ccc(S(=O)(=O)NC[C@@H]2CCCO2)cc1. The quantitative estimate of drug-likeness (QED) is 0.606. The number of amides is 2. The van der Waals surface area contributed by atoms with Crippen LogP contribution in [0.5, 0.6) is 0 Å². The van der Waals surface area contributed by atoms with Gasteiger partial charge in [-0.25, -0.2) is 13.1 Å². The fourth-order valence-corrected chi connectivity index (χ4v) is 3.69. The number of hydrogen-bond acceptors (Lipinski definition) is 6. The third-order valence-electron chi connectivity index (χ3n) is 4.14. The van der Waals surface area contributed by atoms with E-state index < -0.39 is 21.8 Å². The summed E-state index contributed by atoms with van der Waals surface area (Å²) in [6, 6.07) is 10.2. The van der Waals surface area contributed by atoms with Crippen LogP contribution in [0, 0.1) is 0 Å². The summed E-state index contributed by atoms with van der Waals surface area (Å²) in [4.78, 5) is 27.9. The highest BCUT2D eigenvalue weighted by molar-refractivity contribution is 7.89. The zero-order chi connectivity index (χ0) is 20.0. The lowest BCUT2D eigenvalue weighted by molar-refractivity contribution is 0.0844. The zero-order valence-corrected chi connectivity index (χ0v) is 15.7. The topological polar surface area (TPSA) is 126 Å². The van der Waals surface area contributed by atoms with Crippen LogP contribution < -0.4 is 15.6 Å². The summed E-state index contributed by atoms with van der Waals surface area (Å²) in [6.45, 7) is 0.858. The standard InChI is InChI=1S/C18H20N4O5S/c23-17(21-22-18(24)16-5-1-2-10-19-16)13-6-8-15(9-7-13)28(25,26)20-12-14-4-3-11-27-14/h1-2,5-10,14,20H,3-4,11-12H2,(H,21,23)(H,22,24)/t14-/m0/s1. The molecule has 1 aromatic carbocycles. The van der Waals surface area contributed by atoms with Gasteiger partial charge in [0, 0.05) is 24.9 Å². The van der Waals surface area contributed by atoms with Crippen molar-refractivity contribution in [3.63, 3.8) is 0 Å². The van der Waals surface area contributed by atoms with Crippen molar-refractivity contribution in [2.45, 2.75) is 23.8 Å². The molecule has 1 aromatic heterocycles. The lowest BCUT2D eigenvalue weighted by Crippen LogP contribution is -2.41. The zero-order valence-electron chi connectivity index (χ0n) is 14.9. The molecule has 1 atom stereocenters. The number of carbonyl (C=O) groups is 2. The van der Waals surface area contributed by atoms with Gasteiger partial charge in [-0.1, -0.05) is 6.07 Å². The number of nitrogens with one attached hydrogen (secondary N) is 3. The van der Waals surface area contributed by atoms with Crippen molar-refractivity contribution in [2.75, 3.05) is 13.2 Å². The molecule has 0 radical (unpaired) electrons. The van der Waals surface area contributed by atoms with Crippen molar-refractivity contribution >= 4 is 21.8 Å². The predicted molar refractivity (Wildman–Crippen MR) is 99.8 cm³/mol. The summed E-state index contributed by atoms with van der Waals surface area (Å²) in [5.74, 6) is -1.15. The molecule has 0 unspecified atom stereocenters. The van der Waals surface area contributed by atoms with Gasteiger partial charge < -0.3 is 4.74 Å². The molecular weight excluding hydrogens is 384 g/mol. The molecule has 2 aromatic rings. The molecule has 28 heavy (non-hydrogen) atoms. The number of nitrogens with zero attached hydrogens (tertiary/aromatic N) is 1. The molecule has 1 fully saturated rings. The Balaban J connectivity index is 1.55. The van der Waals surface area contributed by atoms with E-state index in [-0.39, 0.29) is 28.8 Å². The van der Waals surface area contributed by atoms with Crippen LogP contribution in [0.2, 0.25) is 0 Å². The number of ether oxygens (including phenoxy) is 1. The van der Waals surface area contributed by atoms with Gasteiger partial charge in [0.25, 0.3) is 11.8 Å². The van der Waals surface area contributed by atoms with E-state index in [0.717, 1.165) is 12.8 Å². The number of sulfonamides is 1. The van der Waals surface area contributed by atoms with Crippen molar-refractivity contribution in [1.29, 1.82) is 0 Å². The highest BCUT2D eigenvalue weighted by Crippen LogP contribution is 2.14. The van der Waals surface area contributed by atoms with Crippen molar-refractivity contribution in [3.8, 4) is 0 Å². The number of hydrazine groups is 1. The largest absolute Gasteiger partial charge is 0.377 e. The maximum atomic E-state index is 12.3. The number of aromatic nitrogens is 1. The summed E-state index contributed by atoms with van der Waals surface area (Å²) >= 11 is 0. The smallest absolute Gasteiger partial charge is 0.288 e. The minimum Gasteiger partial charge on any atom is -0.377 e. The van der Waals surface area contributed by atoms with Gasteiger partial charge in [0.15, 0.2) is 0 Å². The number of benzene rings is 1. The van der Waals surface area contributed by atoms with Gasteiger partial charge in [-0.15, -0.1) is 0 Å². The molecular formula is C18H20N4O5S. The van der Waals surface area contributed by atoms with E-state index in [1.807, 2.05) is 0 Å². The van der Waals surface area contributed by atoms with Crippen LogP contribution in [-0.4, -0.2) is 44.5 Å². The molecule has 0 bridgehead atoms. The maximum Gasteiger partial charge on any atom is 0.288 e. The van der Waals surface area contributed by atoms with Crippen molar-refractivity contribution in [2.24, 2.45) is 0 Å². The lowest BCUT2D eigenvalue weighted by atomic mass is 10.2. The predicted octanol–water partition coefficient (Wildman–Crippen LogP) is 0.614. The number of carbonyl (C=O) groups excluding carboxylic acids is 2. The second-order valence-corrected chi connectivity index (χ2v) is 7.90. The summed E-state index contributed by atoms with van der Waals surface area (Å²) in [6.07, 6.45) is 3.10. The molecule has 1 aliphatic heterocycles. The molecule has 2 heterocycles. The summed E-state index contributed by atoms with van der Waals surface area (Å²) in [7, 11) is -3.69. The average Bonchev–Trinajstić information content (AvgIpc) is 3.25. The molecule has 3 N–H and O–H groups in total. The Labute approximate surface area is 162 Å². The van der Waals surface area contributed by atoms with E-state index in [9.17, 15) is 18.0 Å². The van der Waals surface area contributed by atoms with Crippen LogP contribution in [0.1, 0.15) is 33.7 Å². The van der Waals surface area contributed by atoms with Gasteiger partial charge in [0.2, 0.25) is 10.0 Å². The molecule has 2 amide bonds. The normalized spacial score (nSPS) is 16.5. The summed E-state index contributed by atoms with van der Waals surface area (Å²) in [5.41, 5.74) is 4.85. The highest BCUT2D eigenvalue weighted by Gasteiger charge is 2.20. The molecule has 0 saturated carbocycles. The average molecular weight is 404 g/mol. The Kier molecular flexibility index (Phi) is 6.34. The van der Waals surface area contributed by atoms with Gasteiger partial charge in [0.1, 0.15) is 5.69 Å². The fraction of sp³-hybridized carbons (Fsp3) is 0.278. The molecule has 148 valence electrons. The Morgan fingerprint density at radius 1 is 1.07 bits per heavy atom. The molecule has 9 nitrogen and oxygen atoms in total. The Hall–Kier alpha value is -2.82. The lowest BCUT2D eigenvalue weighted by Gasteiger charge is -2.12. The Morgan fingerprint density at radius 3 is 2.46 bits per heavy atom. The summed E-state index contributed by atoms with van der Waals surface area (Å²) < 4.78 is 32.5. The van der Waals surface area contributed by atoms with Crippen LogP contribution in [0.25, 0.3) is 0 Å². The van der Waals surface area contributed by atoms with Crippen molar-refractivity contribution in [3.05, 3.63) is 59.9 Å². The van der Waals surface area contributed by atoms with Crippen LogP contribution in [0.15, 0.2) is 53.6 Å². The Morgan fingerprint density at radius 2 is 1.82 bits per heavy atom. The summed E-state index contributed by atoms with van der Waals surface area (Å²) in [5, 5.41) is 0. The Bertz CT molecular complexity index is 926. The highest BCUT2D eigenvalue weighted by atomic mass is 32.2. The minimum atomic E-state index is -3.69. The molecule has 10 heteroatoms. The van der Waals surface area contributed by atoms with E-state index in [1.54, 1.807) is 12.1 Å². The molecule has 0 aliphatic carbocycles. The second kappa shape index (κ2) is 8.91. The molecule has 3 rings (SSSR count). The van der Waals surface area contributed by atoms with Gasteiger partial charge in [-0.3, -0.25) is 25.4 Å². The van der Waals surface area contributed by atoms with E-state index in [4.69, 9.17) is 4.74 Å². The van der Waals surface area contributed by atoms with Crippen molar-refractivity contribution < 1.29 is 22.7 Å². The van der Waals surface area contributed by atoms with E-state index >= 15 is 0 Å². The van der Waals surface area contributed by atoms with Gasteiger partial charge in [-0.2, -0.15) is 0 Å². The van der Waals surface area contributed by atoms with E-state index in [1.165, 1.54) is 36.5 Å². The molecule has 0 spiro atoms. The molecule has 1 saturated heterocycles. The van der Waals surface area contributed by atoms with Gasteiger partial charge >= 0.3 is 0 Å². The van der Waals surface area contributed by atoms with Crippen molar-refractivity contribution in [1.82, 2.24) is 20.6 Å². The first-order valence-electron chi connectivity index (χ1n) is 8.69. The third-order valence-corrected chi connectivity index (χ3v) is 5.58. The number of rotatable bonds is 6. The van der Waals surface area contributed by atoms with E-state index in [0.29, 0.717) is 6.61 Å². The van der Waals surface area contributed by atoms with Crippen LogP contribution in [0.4, 0.5) is 0 Å². The maximum absolute atomic E-state index is 12.3. The van der Waals surface area contributed by atoms with Crippen LogP contribution >= 0.6 is 0 Å². The van der Waals surface area contributed by atoms with Crippen LogP contribution in [-0.2, 0) is 14.8 Å². The van der Waals surface area contributed by atoms with Gasteiger partial charge in [0.05, 0.1) is 11.0 Å². The van der Waals surface area contributed by atoms with Gasteiger partial charge in [-0.05, 0) is 49.2 Å². The number of pyridine rings is 1. The minimum absolute atomic E-state index is 0.0413. The van der Waals surface area contributed by atoms with Crippen LogP contribution in [0.3, 0.4) is 0 Å². The van der Waals surface area contributed by atoms with E-state index in [2.05, 4.69) is 20.6 Å². The second-order valence-electron chi connectivity index (χ2n) is 6.13.